The summed E-state index contributed by atoms with van der Waals surface area (Å²) >= 11 is 12.4. The molecule has 2 N–H and O–H groups in total. The van der Waals surface area contributed by atoms with Crippen molar-refractivity contribution in [1.29, 1.82) is 0 Å². The maximum atomic E-state index is 12.1. The zero-order chi connectivity index (χ0) is 17.1. The second kappa shape index (κ2) is 7.03. The van der Waals surface area contributed by atoms with Crippen LogP contribution in [-0.4, -0.2) is 15.9 Å². The molecule has 3 aromatic rings. The van der Waals surface area contributed by atoms with E-state index in [-0.39, 0.29) is 24.4 Å². The van der Waals surface area contributed by atoms with Gasteiger partial charge >= 0.3 is 0 Å². The van der Waals surface area contributed by atoms with Crippen molar-refractivity contribution < 1.29 is 4.79 Å². The molecule has 7 heteroatoms. The van der Waals surface area contributed by atoms with Gasteiger partial charge in [-0.15, -0.1) is 0 Å². The molecular weight excluding hydrogens is 349 g/mol. The highest BCUT2D eigenvalue weighted by molar-refractivity contribution is 6.43. The monoisotopic (exact) mass is 361 g/mol. The van der Waals surface area contributed by atoms with Crippen molar-refractivity contribution in [3.05, 3.63) is 74.3 Å². The summed E-state index contributed by atoms with van der Waals surface area (Å²) in [5.41, 5.74) is 1.71. The van der Waals surface area contributed by atoms with Crippen molar-refractivity contribution in [2.75, 3.05) is 0 Å². The van der Waals surface area contributed by atoms with Crippen molar-refractivity contribution in [3.63, 3.8) is 0 Å². The van der Waals surface area contributed by atoms with Crippen molar-refractivity contribution in [2.45, 2.75) is 13.0 Å². The molecule has 0 atom stereocenters. The molecule has 5 nitrogen and oxygen atoms in total. The van der Waals surface area contributed by atoms with E-state index in [1.54, 1.807) is 30.6 Å². The number of carbonyl (C=O) groups is 1. The molecule has 0 unspecified atom stereocenters. The molecule has 2 heterocycles. The van der Waals surface area contributed by atoms with E-state index in [9.17, 15) is 9.59 Å². The van der Waals surface area contributed by atoms with Gasteiger partial charge in [0.2, 0.25) is 11.5 Å². The summed E-state index contributed by atoms with van der Waals surface area (Å²) < 4.78 is 0. The lowest BCUT2D eigenvalue weighted by Crippen LogP contribution is -2.25. The van der Waals surface area contributed by atoms with Gasteiger partial charge in [0.15, 0.2) is 0 Å². The number of pyridine rings is 2. The zero-order valence-corrected chi connectivity index (χ0v) is 14.0. The highest BCUT2D eigenvalue weighted by atomic mass is 35.5. The number of hydrogen-bond acceptors (Lipinski definition) is 3. The molecule has 0 saturated heterocycles. The number of nitrogens with zero attached hydrogens (tertiary/aromatic N) is 1. The van der Waals surface area contributed by atoms with E-state index in [1.165, 1.54) is 6.07 Å². The molecule has 1 amide bonds. The minimum atomic E-state index is -0.246. The first-order valence-corrected chi connectivity index (χ1v) is 7.95. The van der Waals surface area contributed by atoms with Crippen LogP contribution < -0.4 is 10.9 Å². The summed E-state index contributed by atoms with van der Waals surface area (Å²) in [6.45, 7) is 0.162. The van der Waals surface area contributed by atoms with Crippen molar-refractivity contribution in [3.8, 4) is 0 Å². The van der Waals surface area contributed by atoms with Gasteiger partial charge < -0.3 is 10.3 Å². The number of rotatable bonds is 4. The first kappa shape index (κ1) is 16.5. The second-order valence-corrected chi connectivity index (χ2v) is 6.04. The smallest absolute Gasteiger partial charge is 0.248 e. The third-order valence-corrected chi connectivity index (χ3v) is 4.39. The normalized spacial score (nSPS) is 10.8. The number of fused-ring (bicyclic) bond motifs is 1. The number of aromatic nitrogens is 2. The van der Waals surface area contributed by atoms with Gasteiger partial charge in [-0.3, -0.25) is 14.6 Å². The molecule has 0 spiro atoms. The number of carbonyl (C=O) groups excluding carboxylic acids is 1. The van der Waals surface area contributed by atoms with Gasteiger partial charge in [-0.1, -0.05) is 29.3 Å². The third kappa shape index (κ3) is 3.58. The number of aromatic amines is 1. The molecule has 2 aromatic heterocycles. The Morgan fingerprint density at radius 3 is 2.83 bits per heavy atom. The largest absolute Gasteiger partial charge is 0.352 e. The minimum Gasteiger partial charge on any atom is -0.352 e. The minimum absolute atomic E-state index is 0.162. The van der Waals surface area contributed by atoms with Crippen molar-refractivity contribution in [2.24, 2.45) is 0 Å². The van der Waals surface area contributed by atoms with Crippen LogP contribution in [0.15, 0.2) is 47.5 Å². The van der Waals surface area contributed by atoms with Crippen LogP contribution in [0.2, 0.25) is 10.0 Å². The maximum absolute atomic E-state index is 12.1. The van der Waals surface area contributed by atoms with Crippen LogP contribution in [-0.2, 0) is 17.8 Å². The van der Waals surface area contributed by atoms with Crippen LogP contribution in [0.5, 0.6) is 0 Å². The van der Waals surface area contributed by atoms with E-state index >= 15 is 0 Å². The molecule has 3 rings (SSSR count). The fourth-order valence-corrected chi connectivity index (χ4v) is 2.86. The lowest BCUT2D eigenvalue weighted by Gasteiger charge is -2.12. The second-order valence-electron chi connectivity index (χ2n) is 5.25. The molecule has 0 bridgehead atoms. The first-order chi connectivity index (χ1) is 11.5. The Kier molecular flexibility index (Phi) is 4.83. The molecule has 122 valence electrons. The maximum Gasteiger partial charge on any atom is 0.248 e. The van der Waals surface area contributed by atoms with E-state index in [0.717, 1.165) is 10.9 Å². The van der Waals surface area contributed by atoms with E-state index < -0.39 is 0 Å². The van der Waals surface area contributed by atoms with Gasteiger partial charge in [-0.25, -0.2) is 0 Å². The predicted octanol–water partition coefficient (Wildman–Crippen LogP) is 3.09. The lowest BCUT2D eigenvalue weighted by atomic mass is 10.1. The van der Waals surface area contributed by atoms with E-state index in [0.29, 0.717) is 21.1 Å². The fraction of sp³-hybridized carbons (Fsp3) is 0.118. The average Bonchev–Trinajstić information content (AvgIpc) is 2.57. The van der Waals surface area contributed by atoms with Gasteiger partial charge in [0, 0.05) is 36.0 Å². The number of H-pyrrole nitrogens is 1. The van der Waals surface area contributed by atoms with E-state index in [4.69, 9.17) is 23.2 Å². The van der Waals surface area contributed by atoms with Crippen LogP contribution in [0, 0.1) is 0 Å². The predicted molar refractivity (Wildman–Crippen MR) is 94.4 cm³/mol. The molecule has 0 aliphatic heterocycles. The Morgan fingerprint density at radius 1 is 1.25 bits per heavy atom. The molecule has 0 fully saturated rings. The Bertz CT molecular complexity index is 955. The molecule has 24 heavy (non-hydrogen) atoms. The van der Waals surface area contributed by atoms with Gasteiger partial charge in [0.25, 0.3) is 0 Å². The standard InChI is InChI=1S/C17H13Cl2N3O2/c18-13-7-11-3-4-14(23)22-17(11)12(16(13)19)9-21-15(24)6-10-2-1-5-20-8-10/h1-5,7-8H,6,9H2,(H,21,24)(H,22,23). The van der Waals surface area contributed by atoms with Gasteiger partial charge in [-0.2, -0.15) is 0 Å². The highest BCUT2D eigenvalue weighted by Crippen LogP contribution is 2.31. The Morgan fingerprint density at radius 2 is 2.08 bits per heavy atom. The van der Waals surface area contributed by atoms with Crippen LogP contribution in [0.4, 0.5) is 0 Å². The number of amides is 1. The molecule has 0 radical (unpaired) electrons. The summed E-state index contributed by atoms with van der Waals surface area (Å²) in [6.07, 6.45) is 3.49. The number of benzene rings is 1. The lowest BCUT2D eigenvalue weighted by molar-refractivity contribution is -0.120. The van der Waals surface area contributed by atoms with Crippen molar-refractivity contribution in [1.82, 2.24) is 15.3 Å². The molecule has 0 aliphatic rings. The Labute approximate surface area is 147 Å². The van der Waals surface area contributed by atoms with Crippen LogP contribution in [0.25, 0.3) is 10.9 Å². The Hall–Kier alpha value is -2.37. The quantitative estimate of drug-likeness (QED) is 0.749. The van der Waals surface area contributed by atoms with Crippen LogP contribution in [0.3, 0.4) is 0 Å². The van der Waals surface area contributed by atoms with Gasteiger partial charge in [-0.05, 0) is 23.8 Å². The number of halogens is 2. The van der Waals surface area contributed by atoms with Crippen molar-refractivity contribution >= 4 is 40.0 Å². The third-order valence-electron chi connectivity index (χ3n) is 3.56. The molecule has 0 saturated carbocycles. The average molecular weight is 362 g/mol. The summed E-state index contributed by atoms with van der Waals surface area (Å²) in [5.74, 6) is -0.175. The van der Waals surface area contributed by atoms with E-state index in [2.05, 4.69) is 15.3 Å². The van der Waals surface area contributed by atoms with Crippen LogP contribution >= 0.6 is 23.2 Å². The van der Waals surface area contributed by atoms with Crippen LogP contribution in [0.1, 0.15) is 11.1 Å². The zero-order valence-electron chi connectivity index (χ0n) is 12.5. The topological polar surface area (TPSA) is 74.8 Å². The summed E-state index contributed by atoms with van der Waals surface area (Å²) in [7, 11) is 0. The molecule has 1 aromatic carbocycles. The van der Waals surface area contributed by atoms with Gasteiger partial charge in [0.05, 0.1) is 22.0 Å². The number of hydrogen-bond donors (Lipinski definition) is 2. The number of nitrogens with one attached hydrogen (secondary N) is 2. The first-order valence-electron chi connectivity index (χ1n) is 7.20. The molecular formula is C17H13Cl2N3O2. The Balaban J connectivity index is 1.84. The summed E-state index contributed by atoms with van der Waals surface area (Å²) in [5, 5.41) is 4.23. The summed E-state index contributed by atoms with van der Waals surface area (Å²) in [4.78, 5) is 30.4. The molecule has 0 aliphatic carbocycles. The fourth-order valence-electron chi connectivity index (χ4n) is 2.41. The summed E-state index contributed by atoms with van der Waals surface area (Å²) in [6, 6.07) is 8.35. The van der Waals surface area contributed by atoms with Gasteiger partial charge in [0.1, 0.15) is 0 Å². The van der Waals surface area contributed by atoms with E-state index in [1.807, 2.05) is 6.07 Å². The SMILES string of the molecule is O=C(Cc1cccnc1)NCc1c(Cl)c(Cl)cc2ccc(=O)[nH]c12. The highest BCUT2D eigenvalue weighted by Gasteiger charge is 2.13.